The predicted octanol–water partition coefficient (Wildman–Crippen LogP) is 2.16. The van der Waals surface area contributed by atoms with Crippen LogP contribution in [0.4, 0.5) is 0 Å². The minimum atomic E-state index is -1.87. The minimum Gasteiger partial charge on any atom is -0.467 e. The monoisotopic (exact) mass is 446 g/mol. The van der Waals surface area contributed by atoms with Crippen molar-refractivity contribution in [2.45, 2.75) is 50.0 Å². The molecule has 8 heteroatoms. The number of rotatable bonds is 11. The SMILES string of the molecule is COC(=O)[C@]1(O)C[C@@H](O)[C@@H](OCOCc2ccccc2)[C@H](OCOCc2ccccc2)C1. The van der Waals surface area contributed by atoms with Gasteiger partial charge in [-0.1, -0.05) is 60.7 Å². The molecule has 0 aromatic heterocycles. The van der Waals surface area contributed by atoms with E-state index in [1.807, 2.05) is 60.7 Å². The van der Waals surface area contributed by atoms with Crippen molar-refractivity contribution in [1.82, 2.24) is 0 Å². The third kappa shape index (κ3) is 6.83. The van der Waals surface area contributed by atoms with E-state index in [9.17, 15) is 15.0 Å². The van der Waals surface area contributed by atoms with Crippen molar-refractivity contribution in [3.63, 3.8) is 0 Å². The number of hydrogen-bond acceptors (Lipinski definition) is 8. The van der Waals surface area contributed by atoms with Gasteiger partial charge in [0.1, 0.15) is 19.7 Å². The summed E-state index contributed by atoms with van der Waals surface area (Å²) in [6.07, 6.45) is -3.11. The molecule has 32 heavy (non-hydrogen) atoms. The lowest BCUT2D eigenvalue weighted by molar-refractivity contribution is -0.237. The maximum absolute atomic E-state index is 12.1. The largest absolute Gasteiger partial charge is 0.467 e. The Bertz CT molecular complexity index is 815. The summed E-state index contributed by atoms with van der Waals surface area (Å²) in [5.41, 5.74) is 0.0960. The van der Waals surface area contributed by atoms with Crippen LogP contribution in [0.3, 0.4) is 0 Å². The zero-order chi connectivity index (χ0) is 22.8. The molecule has 0 saturated heterocycles. The van der Waals surface area contributed by atoms with Gasteiger partial charge in [-0.25, -0.2) is 4.79 Å². The molecule has 0 bridgehead atoms. The Hall–Kier alpha value is -2.33. The molecule has 1 fully saturated rings. The number of carbonyl (C=O) groups excluding carboxylic acids is 1. The Morgan fingerprint density at radius 2 is 1.44 bits per heavy atom. The fourth-order valence-electron chi connectivity index (χ4n) is 3.70. The fourth-order valence-corrected chi connectivity index (χ4v) is 3.70. The third-order valence-corrected chi connectivity index (χ3v) is 5.33. The topological polar surface area (TPSA) is 104 Å². The van der Waals surface area contributed by atoms with E-state index in [4.69, 9.17) is 23.7 Å². The Morgan fingerprint density at radius 1 is 0.906 bits per heavy atom. The highest BCUT2D eigenvalue weighted by molar-refractivity contribution is 5.79. The highest BCUT2D eigenvalue weighted by Gasteiger charge is 2.51. The molecule has 2 aromatic rings. The molecule has 0 radical (unpaired) electrons. The van der Waals surface area contributed by atoms with Crippen molar-refractivity contribution < 1.29 is 38.7 Å². The first-order valence-corrected chi connectivity index (χ1v) is 10.5. The molecule has 1 saturated carbocycles. The molecule has 0 heterocycles. The fraction of sp³-hybridized carbons (Fsp3) is 0.458. The van der Waals surface area contributed by atoms with Crippen LogP contribution in [-0.4, -0.2) is 60.8 Å². The number of esters is 1. The summed E-state index contributed by atoms with van der Waals surface area (Å²) in [7, 11) is 1.19. The maximum Gasteiger partial charge on any atom is 0.338 e. The summed E-state index contributed by atoms with van der Waals surface area (Å²) in [4.78, 5) is 12.1. The quantitative estimate of drug-likeness (QED) is 0.308. The van der Waals surface area contributed by atoms with Crippen LogP contribution in [-0.2, 0) is 41.7 Å². The Morgan fingerprint density at radius 3 is 1.97 bits per heavy atom. The van der Waals surface area contributed by atoms with Gasteiger partial charge in [0.05, 0.1) is 32.5 Å². The van der Waals surface area contributed by atoms with Gasteiger partial charge in [-0.05, 0) is 11.1 Å². The van der Waals surface area contributed by atoms with E-state index < -0.39 is 29.9 Å². The Labute approximate surface area is 187 Å². The van der Waals surface area contributed by atoms with Gasteiger partial charge < -0.3 is 33.9 Å². The normalized spacial score (nSPS) is 25.4. The van der Waals surface area contributed by atoms with Crippen LogP contribution in [0, 0.1) is 0 Å². The van der Waals surface area contributed by atoms with Crippen molar-refractivity contribution in [3.05, 3.63) is 71.8 Å². The first-order valence-electron chi connectivity index (χ1n) is 10.5. The van der Waals surface area contributed by atoms with Crippen molar-refractivity contribution in [1.29, 1.82) is 0 Å². The third-order valence-electron chi connectivity index (χ3n) is 5.33. The summed E-state index contributed by atoms with van der Waals surface area (Å²) < 4.78 is 27.3. The zero-order valence-electron chi connectivity index (χ0n) is 18.1. The second kappa shape index (κ2) is 12.1. The van der Waals surface area contributed by atoms with Crippen molar-refractivity contribution >= 4 is 5.97 Å². The standard InChI is InChI=1S/C24H30O8/c1-28-23(26)24(27)12-20(25)22(32-17-30-15-19-10-6-3-7-11-19)21(13-24)31-16-29-14-18-8-4-2-5-9-18/h2-11,20-22,25,27H,12-17H2,1H3/t20-,21-,22-,24+/m1/s1. The lowest BCUT2D eigenvalue weighted by Crippen LogP contribution is -2.58. The number of benzene rings is 2. The van der Waals surface area contributed by atoms with Gasteiger partial charge in [-0.15, -0.1) is 0 Å². The molecule has 0 spiro atoms. The number of methoxy groups -OCH3 is 1. The summed E-state index contributed by atoms with van der Waals surface area (Å²) in [5, 5.41) is 21.3. The molecule has 0 aliphatic heterocycles. The van der Waals surface area contributed by atoms with Crippen LogP contribution >= 0.6 is 0 Å². The highest BCUT2D eigenvalue weighted by atomic mass is 16.7. The van der Waals surface area contributed by atoms with E-state index in [0.29, 0.717) is 13.2 Å². The van der Waals surface area contributed by atoms with E-state index in [2.05, 4.69) is 0 Å². The van der Waals surface area contributed by atoms with E-state index in [1.165, 1.54) is 7.11 Å². The summed E-state index contributed by atoms with van der Waals surface area (Å²) >= 11 is 0. The van der Waals surface area contributed by atoms with Crippen LogP contribution in [0.2, 0.25) is 0 Å². The van der Waals surface area contributed by atoms with Crippen molar-refractivity contribution in [3.8, 4) is 0 Å². The number of carbonyl (C=O) groups is 1. The Balaban J connectivity index is 1.55. The molecule has 174 valence electrons. The maximum atomic E-state index is 12.1. The number of hydrogen-bond donors (Lipinski definition) is 2. The molecular weight excluding hydrogens is 416 g/mol. The molecule has 2 N–H and O–H groups in total. The van der Waals surface area contributed by atoms with Crippen LogP contribution < -0.4 is 0 Å². The van der Waals surface area contributed by atoms with E-state index in [-0.39, 0.29) is 26.4 Å². The molecule has 3 rings (SSSR count). The summed E-state index contributed by atoms with van der Waals surface area (Å²) in [5.74, 6) is -0.825. The van der Waals surface area contributed by atoms with Gasteiger partial charge in [-0.2, -0.15) is 0 Å². The number of aliphatic hydroxyl groups is 2. The van der Waals surface area contributed by atoms with E-state index >= 15 is 0 Å². The average molecular weight is 446 g/mol. The average Bonchev–Trinajstić information content (AvgIpc) is 2.81. The molecule has 0 unspecified atom stereocenters. The lowest BCUT2D eigenvalue weighted by Gasteiger charge is -2.41. The molecule has 0 amide bonds. The highest BCUT2D eigenvalue weighted by Crippen LogP contribution is 2.33. The van der Waals surface area contributed by atoms with Gasteiger partial charge in [0.2, 0.25) is 0 Å². The first kappa shape index (κ1) is 24.3. The number of ether oxygens (including phenoxy) is 5. The van der Waals surface area contributed by atoms with Gasteiger partial charge in [0.25, 0.3) is 0 Å². The van der Waals surface area contributed by atoms with Crippen molar-refractivity contribution in [2.75, 3.05) is 20.7 Å². The Kier molecular flexibility index (Phi) is 9.16. The second-order valence-corrected chi connectivity index (χ2v) is 7.74. The van der Waals surface area contributed by atoms with Crippen LogP contribution in [0.25, 0.3) is 0 Å². The van der Waals surface area contributed by atoms with Crippen LogP contribution in [0.5, 0.6) is 0 Å². The van der Waals surface area contributed by atoms with Gasteiger partial charge >= 0.3 is 5.97 Å². The zero-order valence-corrected chi connectivity index (χ0v) is 18.1. The van der Waals surface area contributed by atoms with Gasteiger partial charge in [0.15, 0.2) is 5.60 Å². The van der Waals surface area contributed by atoms with Gasteiger partial charge in [0, 0.05) is 12.8 Å². The smallest absolute Gasteiger partial charge is 0.338 e. The number of aliphatic hydroxyl groups excluding tert-OH is 1. The van der Waals surface area contributed by atoms with Gasteiger partial charge in [-0.3, -0.25) is 0 Å². The first-order chi connectivity index (χ1) is 15.5. The summed E-state index contributed by atoms with van der Waals surface area (Å²) in [6, 6.07) is 19.2. The molecule has 8 nitrogen and oxygen atoms in total. The van der Waals surface area contributed by atoms with Crippen LogP contribution in [0.1, 0.15) is 24.0 Å². The van der Waals surface area contributed by atoms with E-state index in [0.717, 1.165) is 11.1 Å². The molecule has 1 aliphatic carbocycles. The molecule has 1 aliphatic rings. The van der Waals surface area contributed by atoms with E-state index in [1.54, 1.807) is 0 Å². The van der Waals surface area contributed by atoms with Crippen LogP contribution in [0.15, 0.2) is 60.7 Å². The van der Waals surface area contributed by atoms with Crippen molar-refractivity contribution in [2.24, 2.45) is 0 Å². The second-order valence-electron chi connectivity index (χ2n) is 7.74. The molecule has 2 aromatic carbocycles. The lowest BCUT2D eigenvalue weighted by atomic mass is 9.79. The summed E-state index contributed by atoms with van der Waals surface area (Å²) in [6.45, 7) is 0.497. The minimum absolute atomic E-state index is 0.0853. The predicted molar refractivity (Wildman–Crippen MR) is 114 cm³/mol. The molecule has 4 atom stereocenters. The molecular formula is C24H30O8.